The molecule has 5 heteroatoms. The van der Waals surface area contributed by atoms with Gasteiger partial charge < -0.3 is 14.7 Å². The van der Waals surface area contributed by atoms with Gasteiger partial charge >= 0.3 is 0 Å². The van der Waals surface area contributed by atoms with E-state index in [1.54, 1.807) is 0 Å². The van der Waals surface area contributed by atoms with Gasteiger partial charge in [0.2, 0.25) is 5.91 Å². The minimum Gasteiger partial charge on any atom is -0.369 e. The molecule has 0 aromatic heterocycles. The second-order valence-corrected chi connectivity index (χ2v) is 7.75. The highest BCUT2D eigenvalue weighted by Gasteiger charge is 2.25. The Labute approximate surface area is 168 Å². The molecular formula is C23H30N4O. The number of carbonyl (C=O) groups excluding carboxylic acids is 1. The van der Waals surface area contributed by atoms with E-state index in [1.165, 1.54) is 16.9 Å². The third kappa shape index (κ3) is 4.30. The number of carbonyl (C=O) groups is 1. The van der Waals surface area contributed by atoms with Crippen molar-refractivity contribution in [3.05, 3.63) is 60.2 Å². The lowest BCUT2D eigenvalue weighted by molar-refractivity contribution is -0.132. The van der Waals surface area contributed by atoms with E-state index >= 15 is 0 Å². The van der Waals surface area contributed by atoms with Crippen LogP contribution in [0.5, 0.6) is 0 Å². The molecule has 0 N–H and O–H groups in total. The van der Waals surface area contributed by atoms with E-state index in [2.05, 4.69) is 70.2 Å². The number of aryl methyl sites for hydroxylation is 1. The summed E-state index contributed by atoms with van der Waals surface area (Å²) < 4.78 is 0. The third-order valence-electron chi connectivity index (χ3n) is 5.94. The zero-order valence-corrected chi connectivity index (χ0v) is 16.8. The molecule has 0 unspecified atom stereocenters. The molecule has 2 heterocycles. The van der Waals surface area contributed by atoms with Gasteiger partial charge in [-0.15, -0.1) is 0 Å². The number of hydrogen-bond donors (Lipinski definition) is 0. The van der Waals surface area contributed by atoms with E-state index < -0.39 is 0 Å². The van der Waals surface area contributed by atoms with E-state index in [4.69, 9.17) is 0 Å². The number of amides is 1. The number of piperazine rings is 2. The quantitative estimate of drug-likeness (QED) is 0.818. The molecular weight excluding hydrogens is 348 g/mol. The molecule has 0 atom stereocenters. The van der Waals surface area contributed by atoms with Crippen LogP contribution in [-0.2, 0) is 4.79 Å². The topological polar surface area (TPSA) is 30.0 Å². The van der Waals surface area contributed by atoms with Gasteiger partial charge in [-0.25, -0.2) is 0 Å². The SMILES string of the molecule is Cc1ccccc1N1CCN(CC(=O)N2CCN(c3ccccc3)CC2)CC1. The molecule has 2 aromatic rings. The van der Waals surface area contributed by atoms with Crippen molar-refractivity contribution in [3.63, 3.8) is 0 Å². The summed E-state index contributed by atoms with van der Waals surface area (Å²) >= 11 is 0. The van der Waals surface area contributed by atoms with Crippen LogP contribution in [0.3, 0.4) is 0 Å². The number of hydrogen-bond acceptors (Lipinski definition) is 4. The summed E-state index contributed by atoms with van der Waals surface area (Å²) in [4.78, 5) is 21.9. The Bertz CT molecular complexity index is 778. The Kier molecular flexibility index (Phi) is 5.81. The van der Waals surface area contributed by atoms with Crippen molar-refractivity contribution >= 4 is 17.3 Å². The second kappa shape index (κ2) is 8.65. The van der Waals surface area contributed by atoms with Crippen LogP contribution >= 0.6 is 0 Å². The summed E-state index contributed by atoms with van der Waals surface area (Å²) in [5.41, 5.74) is 3.90. The molecule has 28 heavy (non-hydrogen) atoms. The molecule has 2 aliphatic heterocycles. The first-order valence-corrected chi connectivity index (χ1v) is 10.3. The summed E-state index contributed by atoms with van der Waals surface area (Å²) in [6.07, 6.45) is 0. The predicted octanol–water partition coefficient (Wildman–Crippen LogP) is 2.47. The van der Waals surface area contributed by atoms with Gasteiger partial charge in [-0.3, -0.25) is 9.69 Å². The molecule has 1 amide bonds. The van der Waals surface area contributed by atoms with Crippen LogP contribution in [0.2, 0.25) is 0 Å². The van der Waals surface area contributed by atoms with Crippen LogP contribution in [0.15, 0.2) is 54.6 Å². The first-order valence-electron chi connectivity index (χ1n) is 10.3. The number of benzene rings is 2. The standard InChI is InChI=1S/C23H30N4O/c1-20-7-5-6-10-22(20)26-13-11-24(12-14-26)19-23(28)27-17-15-25(16-18-27)21-8-3-2-4-9-21/h2-10H,11-19H2,1H3. The van der Waals surface area contributed by atoms with Gasteiger partial charge in [0.25, 0.3) is 0 Å². The van der Waals surface area contributed by atoms with Gasteiger partial charge in [-0.2, -0.15) is 0 Å². The normalized spacial score (nSPS) is 18.4. The van der Waals surface area contributed by atoms with E-state index in [0.717, 1.165) is 52.4 Å². The molecule has 148 valence electrons. The Hall–Kier alpha value is -2.53. The zero-order valence-electron chi connectivity index (χ0n) is 16.8. The van der Waals surface area contributed by atoms with Gasteiger partial charge in [0.1, 0.15) is 0 Å². The first kappa shape index (κ1) is 18.8. The molecule has 5 nitrogen and oxygen atoms in total. The fraction of sp³-hybridized carbons (Fsp3) is 0.435. The Morgan fingerprint density at radius 3 is 2.04 bits per heavy atom. The summed E-state index contributed by atoms with van der Waals surface area (Å²) in [5, 5.41) is 0. The lowest BCUT2D eigenvalue weighted by Gasteiger charge is -2.39. The molecule has 2 saturated heterocycles. The maximum atomic E-state index is 12.8. The average molecular weight is 379 g/mol. The van der Waals surface area contributed by atoms with E-state index in [-0.39, 0.29) is 5.91 Å². The largest absolute Gasteiger partial charge is 0.369 e. The third-order valence-corrected chi connectivity index (χ3v) is 5.94. The van der Waals surface area contributed by atoms with Gasteiger partial charge in [0.15, 0.2) is 0 Å². The highest BCUT2D eigenvalue weighted by atomic mass is 16.2. The van der Waals surface area contributed by atoms with Gasteiger partial charge in [0.05, 0.1) is 6.54 Å². The Morgan fingerprint density at radius 2 is 1.36 bits per heavy atom. The van der Waals surface area contributed by atoms with Gasteiger partial charge in [-0.05, 0) is 30.7 Å². The minimum absolute atomic E-state index is 0.275. The summed E-state index contributed by atoms with van der Waals surface area (Å²) in [7, 11) is 0. The van der Waals surface area contributed by atoms with Crippen molar-refractivity contribution in [2.75, 3.05) is 68.7 Å². The fourth-order valence-electron chi connectivity index (χ4n) is 4.21. The van der Waals surface area contributed by atoms with Crippen molar-refractivity contribution in [2.24, 2.45) is 0 Å². The van der Waals surface area contributed by atoms with Gasteiger partial charge in [0, 0.05) is 63.7 Å². The summed E-state index contributed by atoms with van der Waals surface area (Å²) in [5.74, 6) is 0.275. The van der Waals surface area contributed by atoms with E-state index in [1.807, 2.05) is 11.0 Å². The summed E-state index contributed by atoms with van der Waals surface area (Å²) in [6, 6.07) is 19.0. The van der Waals surface area contributed by atoms with Crippen molar-refractivity contribution in [3.8, 4) is 0 Å². The molecule has 0 saturated carbocycles. The molecule has 0 spiro atoms. The number of anilines is 2. The monoisotopic (exact) mass is 378 g/mol. The van der Waals surface area contributed by atoms with Crippen LogP contribution in [0, 0.1) is 6.92 Å². The lowest BCUT2D eigenvalue weighted by Crippen LogP contribution is -2.54. The first-order chi connectivity index (χ1) is 13.7. The van der Waals surface area contributed by atoms with Crippen LogP contribution in [-0.4, -0.2) is 74.6 Å². The highest BCUT2D eigenvalue weighted by Crippen LogP contribution is 2.21. The molecule has 0 bridgehead atoms. The van der Waals surface area contributed by atoms with Crippen LogP contribution < -0.4 is 9.80 Å². The molecule has 2 fully saturated rings. The van der Waals surface area contributed by atoms with Gasteiger partial charge in [-0.1, -0.05) is 36.4 Å². The molecule has 0 aliphatic carbocycles. The van der Waals surface area contributed by atoms with Crippen molar-refractivity contribution < 1.29 is 4.79 Å². The Balaban J connectivity index is 1.24. The molecule has 2 aromatic carbocycles. The second-order valence-electron chi connectivity index (χ2n) is 7.75. The van der Waals surface area contributed by atoms with Crippen LogP contribution in [0.25, 0.3) is 0 Å². The predicted molar refractivity (Wildman–Crippen MR) is 115 cm³/mol. The smallest absolute Gasteiger partial charge is 0.236 e. The number of nitrogens with zero attached hydrogens (tertiary/aromatic N) is 4. The maximum absolute atomic E-state index is 12.8. The highest BCUT2D eigenvalue weighted by molar-refractivity contribution is 5.78. The van der Waals surface area contributed by atoms with Crippen LogP contribution in [0.4, 0.5) is 11.4 Å². The number of rotatable bonds is 4. The van der Waals surface area contributed by atoms with Crippen molar-refractivity contribution in [2.45, 2.75) is 6.92 Å². The van der Waals surface area contributed by atoms with Crippen LogP contribution in [0.1, 0.15) is 5.56 Å². The zero-order chi connectivity index (χ0) is 19.3. The minimum atomic E-state index is 0.275. The molecule has 4 rings (SSSR count). The average Bonchev–Trinajstić information content (AvgIpc) is 2.75. The van der Waals surface area contributed by atoms with Crippen molar-refractivity contribution in [1.82, 2.24) is 9.80 Å². The fourth-order valence-corrected chi connectivity index (χ4v) is 4.21. The van der Waals surface area contributed by atoms with Crippen molar-refractivity contribution in [1.29, 1.82) is 0 Å². The summed E-state index contributed by atoms with van der Waals surface area (Å²) in [6.45, 7) is 10.0. The maximum Gasteiger partial charge on any atom is 0.236 e. The Morgan fingerprint density at radius 1 is 0.750 bits per heavy atom. The van der Waals surface area contributed by atoms with E-state index in [9.17, 15) is 4.79 Å². The number of para-hydroxylation sites is 2. The lowest BCUT2D eigenvalue weighted by atomic mass is 10.1. The van der Waals surface area contributed by atoms with E-state index in [0.29, 0.717) is 6.54 Å². The molecule has 2 aliphatic rings. The molecule has 0 radical (unpaired) electrons.